The van der Waals surface area contributed by atoms with Gasteiger partial charge in [0.1, 0.15) is 0 Å². The first-order valence-electron chi connectivity index (χ1n) is 7.15. The van der Waals surface area contributed by atoms with Crippen LogP contribution in [0.25, 0.3) is 0 Å². The number of benzene rings is 1. The van der Waals surface area contributed by atoms with Crippen LogP contribution in [0.4, 0.5) is 19.3 Å². The maximum absolute atomic E-state index is 13.3. The predicted molar refractivity (Wildman–Crippen MR) is 83.5 cm³/mol. The molecule has 0 atom stereocenters. The summed E-state index contributed by atoms with van der Waals surface area (Å²) in [7, 11) is 0. The number of aryl methyl sites for hydroxylation is 1. The van der Waals surface area contributed by atoms with Crippen LogP contribution in [-0.2, 0) is 12.3 Å². The van der Waals surface area contributed by atoms with E-state index in [-0.39, 0.29) is 5.56 Å². The number of nitrogens with zero attached hydrogens (tertiary/aromatic N) is 2. The molecule has 5 nitrogen and oxygen atoms in total. The molecule has 1 aromatic heterocycles. The quantitative estimate of drug-likeness (QED) is 0.888. The van der Waals surface area contributed by atoms with E-state index in [4.69, 9.17) is 0 Å². The van der Waals surface area contributed by atoms with Crippen molar-refractivity contribution in [3.05, 3.63) is 53.6 Å². The average molecular weight is 320 g/mol. The van der Waals surface area contributed by atoms with Gasteiger partial charge in [0.15, 0.2) is 0 Å². The topological polar surface area (TPSA) is 66.9 Å². The van der Waals surface area contributed by atoms with Gasteiger partial charge in [-0.15, -0.1) is 0 Å². The van der Waals surface area contributed by atoms with Gasteiger partial charge in [0, 0.05) is 43.5 Å². The molecule has 2 aromatic rings. The minimum absolute atomic E-state index is 0.148. The van der Waals surface area contributed by atoms with E-state index in [1.54, 1.807) is 18.5 Å². The molecule has 7 heteroatoms. The molecular weight excluding hydrogens is 302 g/mol. The Labute approximate surface area is 133 Å². The molecule has 0 saturated carbocycles. The van der Waals surface area contributed by atoms with Gasteiger partial charge in [0.05, 0.1) is 11.4 Å². The molecule has 122 valence electrons. The third-order valence-corrected chi connectivity index (χ3v) is 3.10. The molecule has 2 amide bonds. The number of rotatable bonds is 5. The minimum atomic E-state index is -2.95. The SMILES string of the molecule is Cc1cncc(CCNC(=O)Nc2cccc(C(C)(F)F)c2)n1. The van der Waals surface area contributed by atoms with Crippen LogP contribution in [0.5, 0.6) is 0 Å². The molecule has 1 aromatic carbocycles. The van der Waals surface area contributed by atoms with Gasteiger partial charge in [0.2, 0.25) is 0 Å². The molecule has 0 radical (unpaired) electrons. The van der Waals surface area contributed by atoms with Crippen molar-refractivity contribution in [2.75, 3.05) is 11.9 Å². The lowest BCUT2D eigenvalue weighted by Crippen LogP contribution is -2.30. The Morgan fingerprint density at radius 2 is 2.09 bits per heavy atom. The van der Waals surface area contributed by atoms with Gasteiger partial charge in [-0.25, -0.2) is 13.6 Å². The van der Waals surface area contributed by atoms with Gasteiger partial charge in [-0.2, -0.15) is 0 Å². The van der Waals surface area contributed by atoms with E-state index in [1.807, 2.05) is 6.92 Å². The maximum atomic E-state index is 13.3. The minimum Gasteiger partial charge on any atom is -0.337 e. The third-order valence-electron chi connectivity index (χ3n) is 3.10. The van der Waals surface area contributed by atoms with Crippen LogP contribution in [-0.4, -0.2) is 22.5 Å². The molecule has 0 bridgehead atoms. The second-order valence-corrected chi connectivity index (χ2v) is 5.25. The number of halogens is 2. The highest BCUT2D eigenvalue weighted by Gasteiger charge is 2.24. The molecule has 1 heterocycles. The number of carbonyl (C=O) groups is 1. The van der Waals surface area contributed by atoms with Crippen LogP contribution in [0.2, 0.25) is 0 Å². The Morgan fingerprint density at radius 1 is 1.30 bits per heavy atom. The molecule has 2 rings (SSSR count). The first-order valence-corrected chi connectivity index (χ1v) is 7.15. The van der Waals surface area contributed by atoms with Gasteiger partial charge in [-0.1, -0.05) is 12.1 Å². The van der Waals surface area contributed by atoms with Crippen LogP contribution in [0, 0.1) is 6.92 Å². The van der Waals surface area contributed by atoms with Crippen LogP contribution in [0.1, 0.15) is 23.9 Å². The highest BCUT2D eigenvalue weighted by molar-refractivity contribution is 5.89. The van der Waals surface area contributed by atoms with Crippen LogP contribution < -0.4 is 10.6 Å². The van der Waals surface area contributed by atoms with Crippen molar-refractivity contribution in [1.82, 2.24) is 15.3 Å². The van der Waals surface area contributed by atoms with E-state index in [2.05, 4.69) is 20.6 Å². The smallest absolute Gasteiger partial charge is 0.319 e. The zero-order valence-electron chi connectivity index (χ0n) is 12.9. The number of alkyl halides is 2. The first kappa shape index (κ1) is 16.8. The van der Waals surface area contributed by atoms with E-state index >= 15 is 0 Å². The Hall–Kier alpha value is -2.57. The Kier molecular flexibility index (Phi) is 5.20. The lowest BCUT2D eigenvalue weighted by molar-refractivity contribution is 0.0175. The summed E-state index contributed by atoms with van der Waals surface area (Å²) >= 11 is 0. The summed E-state index contributed by atoms with van der Waals surface area (Å²) in [4.78, 5) is 20.1. The number of aromatic nitrogens is 2. The normalized spacial score (nSPS) is 11.1. The van der Waals surface area contributed by atoms with Gasteiger partial charge < -0.3 is 10.6 Å². The standard InChI is InChI=1S/C16H18F2N4O/c1-11-9-19-10-14(21-11)6-7-20-15(23)22-13-5-3-4-12(8-13)16(2,17)18/h3-5,8-10H,6-7H2,1-2H3,(H2,20,22,23). The highest BCUT2D eigenvalue weighted by Crippen LogP contribution is 2.28. The number of hydrogen-bond donors (Lipinski definition) is 2. The summed E-state index contributed by atoms with van der Waals surface area (Å²) in [5, 5.41) is 5.18. The van der Waals surface area contributed by atoms with Gasteiger partial charge in [-0.3, -0.25) is 9.97 Å². The van der Waals surface area contributed by atoms with E-state index in [9.17, 15) is 13.6 Å². The molecule has 23 heavy (non-hydrogen) atoms. The highest BCUT2D eigenvalue weighted by atomic mass is 19.3. The summed E-state index contributed by atoms with van der Waals surface area (Å²) in [6, 6.07) is 5.15. The summed E-state index contributed by atoms with van der Waals surface area (Å²) in [5.74, 6) is -2.95. The molecule has 2 N–H and O–H groups in total. The molecule has 0 spiro atoms. The van der Waals surface area contributed by atoms with E-state index in [1.165, 1.54) is 18.2 Å². The van der Waals surface area contributed by atoms with E-state index < -0.39 is 12.0 Å². The van der Waals surface area contributed by atoms with Crippen LogP contribution >= 0.6 is 0 Å². The Bertz CT molecular complexity index is 686. The molecule has 0 unspecified atom stereocenters. The Balaban J connectivity index is 1.85. The number of carbonyl (C=O) groups excluding carboxylic acids is 1. The lowest BCUT2D eigenvalue weighted by atomic mass is 10.1. The van der Waals surface area contributed by atoms with Crippen molar-refractivity contribution in [2.24, 2.45) is 0 Å². The summed E-state index contributed by atoms with van der Waals surface area (Å²) in [6.07, 6.45) is 3.83. The van der Waals surface area contributed by atoms with Crippen molar-refractivity contribution in [1.29, 1.82) is 0 Å². The molecule has 0 aliphatic heterocycles. The maximum Gasteiger partial charge on any atom is 0.319 e. The molecular formula is C16H18F2N4O. The van der Waals surface area contributed by atoms with Crippen LogP contribution in [0.3, 0.4) is 0 Å². The monoisotopic (exact) mass is 320 g/mol. The molecule has 0 fully saturated rings. The number of nitrogens with one attached hydrogen (secondary N) is 2. The third kappa shape index (κ3) is 5.28. The number of hydrogen-bond acceptors (Lipinski definition) is 3. The number of amides is 2. The predicted octanol–water partition coefficient (Wildman–Crippen LogP) is 3.26. The average Bonchev–Trinajstić information content (AvgIpc) is 2.46. The van der Waals surface area contributed by atoms with E-state index in [0.717, 1.165) is 18.3 Å². The van der Waals surface area contributed by atoms with Gasteiger partial charge >= 0.3 is 6.03 Å². The fraction of sp³-hybridized carbons (Fsp3) is 0.312. The largest absolute Gasteiger partial charge is 0.337 e. The van der Waals surface area contributed by atoms with Gasteiger partial charge in [-0.05, 0) is 19.1 Å². The van der Waals surface area contributed by atoms with Crippen molar-refractivity contribution in [2.45, 2.75) is 26.2 Å². The summed E-state index contributed by atoms with van der Waals surface area (Å²) < 4.78 is 26.5. The fourth-order valence-corrected chi connectivity index (χ4v) is 1.99. The number of urea groups is 1. The second-order valence-electron chi connectivity index (χ2n) is 5.25. The van der Waals surface area contributed by atoms with Crippen molar-refractivity contribution in [3.8, 4) is 0 Å². The zero-order valence-corrected chi connectivity index (χ0v) is 12.9. The number of anilines is 1. The summed E-state index contributed by atoms with van der Waals surface area (Å²) in [6.45, 7) is 3.02. The molecule has 0 aliphatic rings. The summed E-state index contributed by atoms with van der Waals surface area (Å²) in [5.41, 5.74) is 1.75. The fourth-order valence-electron chi connectivity index (χ4n) is 1.99. The van der Waals surface area contributed by atoms with Crippen molar-refractivity contribution >= 4 is 11.7 Å². The van der Waals surface area contributed by atoms with Crippen molar-refractivity contribution < 1.29 is 13.6 Å². The first-order chi connectivity index (χ1) is 10.8. The van der Waals surface area contributed by atoms with Gasteiger partial charge in [0.25, 0.3) is 5.92 Å². The second kappa shape index (κ2) is 7.13. The van der Waals surface area contributed by atoms with Crippen LogP contribution in [0.15, 0.2) is 36.7 Å². The van der Waals surface area contributed by atoms with E-state index in [0.29, 0.717) is 18.7 Å². The molecule has 0 saturated heterocycles. The lowest BCUT2D eigenvalue weighted by Gasteiger charge is -2.13. The molecule has 0 aliphatic carbocycles. The zero-order chi connectivity index (χ0) is 16.9. The Morgan fingerprint density at radius 3 is 2.78 bits per heavy atom. The van der Waals surface area contributed by atoms with Crippen molar-refractivity contribution in [3.63, 3.8) is 0 Å².